The number of halogens is 4. The lowest BCUT2D eigenvalue weighted by atomic mass is 10.2. The van der Waals surface area contributed by atoms with Crippen molar-refractivity contribution in [2.24, 2.45) is 0 Å². The Hall–Kier alpha value is -0.370. The third-order valence-electron chi connectivity index (χ3n) is 1.40. The van der Waals surface area contributed by atoms with E-state index in [9.17, 15) is 13.2 Å². The lowest BCUT2D eigenvalue weighted by Crippen LogP contribution is -2.09. The highest BCUT2D eigenvalue weighted by Gasteiger charge is 2.32. The number of hydrogen-bond acceptors (Lipinski definition) is 2. The number of nitrogens with zero attached hydrogens (tertiary/aromatic N) is 1. The van der Waals surface area contributed by atoms with Gasteiger partial charge in [-0.1, -0.05) is 0 Å². The lowest BCUT2D eigenvalue weighted by molar-refractivity contribution is -0.141. The molecule has 0 saturated carbocycles. The largest absolute Gasteiger partial charge is 0.433 e. The Morgan fingerprint density at radius 1 is 1.46 bits per heavy atom. The van der Waals surface area contributed by atoms with Gasteiger partial charge in [-0.3, -0.25) is 4.98 Å². The summed E-state index contributed by atoms with van der Waals surface area (Å²) >= 11 is 1.82. The molecule has 0 aliphatic carbocycles. The van der Waals surface area contributed by atoms with Crippen molar-refractivity contribution < 1.29 is 18.3 Å². The van der Waals surface area contributed by atoms with Gasteiger partial charge in [0.25, 0.3) is 0 Å². The molecular formula is C7H5F3INO. The van der Waals surface area contributed by atoms with Crippen LogP contribution in [-0.4, -0.2) is 10.1 Å². The van der Waals surface area contributed by atoms with Gasteiger partial charge in [-0.15, -0.1) is 0 Å². The minimum Gasteiger partial charge on any atom is -0.392 e. The predicted octanol–water partition coefficient (Wildman–Crippen LogP) is 2.20. The zero-order valence-corrected chi connectivity index (χ0v) is 8.43. The molecule has 0 aliphatic heterocycles. The monoisotopic (exact) mass is 303 g/mol. The van der Waals surface area contributed by atoms with Crippen LogP contribution < -0.4 is 0 Å². The van der Waals surface area contributed by atoms with Crippen molar-refractivity contribution in [3.63, 3.8) is 0 Å². The first-order valence-corrected chi connectivity index (χ1v) is 4.35. The van der Waals surface area contributed by atoms with Crippen LogP contribution >= 0.6 is 22.6 Å². The molecule has 13 heavy (non-hydrogen) atoms. The average molecular weight is 303 g/mol. The van der Waals surface area contributed by atoms with Gasteiger partial charge in [0.1, 0.15) is 5.69 Å². The molecule has 2 nitrogen and oxygen atoms in total. The zero-order chi connectivity index (χ0) is 10.1. The summed E-state index contributed by atoms with van der Waals surface area (Å²) in [6.07, 6.45) is -3.36. The standard InChI is InChI=1S/C7H5F3INO/c8-7(9,10)6-1-4(3-13)5(11)2-12-6/h1-2,13H,3H2. The maximum atomic E-state index is 12.1. The molecule has 1 N–H and O–H groups in total. The predicted molar refractivity (Wildman–Crippen MR) is 47.9 cm³/mol. The summed E-state index contributed by atoms with van der Waals surface area (Å²) in [5, 5.41) is 8.71. The molecule has 1 aromatic heterocycles. The van der Waals surface area contributed by atoms with Gasteiger partial charge in [0, 0.05) is 9.77 Å². The van der Waals surface area contributed by atoms with Gasteiger partial charge in [0.05, 0.1) is 6.61 Å². The first-order valence-electron chi connectivity index (χ1n) is 3.27. The van der Waals surface area contributed by atoms with E-state index in [0.29, 0.717) is 3.57 Å². The average Bonchev–Trinajstić information content (AvgIpc) is 2.03. The normalized spacial score (nSPS) is 11.8. The molecular weight excluding hydrogens is 298 g/mol. The molecule has 0 aromatic carbocycles. The highest BCUT2D eigenvalue weighted by Crippen LogP contribution is 2.28. The van der Waals surface area contributed by atoms with Crippen LogP contribution in [0, 0.1) is 3.57 Å². The number of alkyl halides is 3. The summed E-state index contributed by atoms with van der Waals surface area (Å²) in [7, 11) is 0. The second-order valence-corrected chi connectivity index (χ2v) is 3.48. The highest BCUT2D eigenvalue weighted by atomic mass is 127. The zero-order valence-electron chi connectivity index (χ0n) is 6.27. The topological polar surface area (TPSA) is 33.1 Å². The van der Waals surface area contributed by atoms with E-state index in [1.54, 1.807) is 0 Å². The van der Waals surface area contributed by atoms with Gasteiger partial charge in [0.15, 0.2) is 0 Å². The molecule has 0 atom stereocenters. The highest BCUT2D eigenvalue weighted by molar-refractivity contribution is 14.1. The summed E-state index contributed by atoms with van der Waals surface area (Å²) in [4.78, 5) is 3.21. The van der Waals surface area contributed by atoms with Gasteiger partial charge >= 0.3 is 6.18 Å². The minimum absolute atomic E-state index is 0.239. The number of pyridine rings is 1. The maximum Gasteiger partial charge on any atom is 0.433 e. The number of aromatic nitrogens is 1. The molecule has 0 saturated heterocycles. The quantitative estimate of drug-likeness (QED) is 0.807. The van der Waals surface area contributed by atoms with Crippen molar-refractivity contribution in [2.45, 2.75) is 12.8 Å². The summed E-state index contributed by atoms with van der Waals surface area (Å²) < 4.78 is 36.8. The van der Waals surface area contributed by atoms with Crippen LogP contribution in [0.4, 0.5) is 13.2 Å². The maximum absolute atomic E-state index is 12.1. The number of hydrogen-bond donors (Lipinski definition) is 1. The van der Waals surface area contributed by atoms with Crippen LogP contribution in [0.2, 0.25) is 0 Å². The molecule has 0 bridgehead atoms. The Labute approximate surface area is 85.9 Å². The Balaban J connectivity index is 3.14. The van der Waals surface area contributed by atoms with Gasteiger partial charge in [-0.05, 0) is 34.2 Å². The minimum atomic E-state index is -4.45. The molecule has 1 aromatic rings. The molecule has 0 unspecified atom stereocenters. The Kier molecular flexibility index (Phi) is 3.12. The SMILES string of the molecule is OCc1cc(C(F)(F)F)ncc1I. The van der Waals surface area contributed by atoms with Crippen LogP contribution in [-0.2, 0) is 12.8 Å². The van der Waals surface area contributed by atoms with Crippen LogP contribution in [0.15, 0.2) is 12.3 Å². The molecule has 1 rings (SSSR count). The molecule has 0 amide bonds. The van der Waals surface area contributed by atoms with Gasteiger partial charge in [-0.25, -0.2) is 0 Å². The van der Waals surface area contributed by atoms with E-state index in [-0.39, 0.29) is 5.56 Å². The summed E-state index contributed by atoms with van der Waals surface area (Å²) in [5.41, 5.74) is -0.736. The van der Waals surface area contributed by atoms with Crippen LogP contribution in [0.3, 0.4) is 0 Å². The number of aliphatic hydroxyl groups is 1. The van der Waals surface area contributed by atoms with Crippen molar-refractivity contribution in [3.05, 3.63) is 27.1 Å². The fourth-order valence-corrected chi connectivity index (χ4v) is 1.22. The van der Waals surface area contributed by atoms with E-state index >= 15 is 0 Å². The van der Waals surface area contributed by atoms with Gasteiger partial charge in [0.2, 0.25) is 0 Å². The first-order chi connectivity index (χ1) is 5.95. The first kappa shape index (κ1) is 10.7. The van der Waals surface area contributed by atoms with E-state index in [4.69, 9.17) is 5.11 Å². The molecule has 72 valence electrons. The van der Waals surface area contributed by atoms with Crippen molar-refractivity contribution in [1.82, 2.24) is 4.98 Å². The molecule has 0 fully saturated rings. The summed E-state index contributed by atoms with van der Waals surface area (Å²) in [6.45, 7) is -0.413. The third-order valence-corrected chi connectivity index (χ3v) is 2.37. The summed E-state index contributed by atoms with van der Waals surface area (Å²) in [5.74, 6) is 0. The molecule has 0 spiro atoms. The van der Waals surface area contributed by atoms with Gasteiger partial charge in [-0.2, -0.15) is 13.2 Å². The van der Waals surface area contributed by atoms with Crippen molar-refractivity contribution in [2.75, 3.05) is 0 Å². The fourth-order valence-electron chi connectivity index (χ4n) is 0.757. The van der Waals surface area contributed by atoms with E-state index in [0.717, 1.165) is 12.3 Å². The lowest BCUT2D eigenvalue weighted by Gasteiger charge is -2.07. The molecule has 0 aliphatic rings. The Morgan fingerprint density at radius 3 is 2.54 bits per heavy atom. The van der Waals surface area contributed by atoms with Crippen LogP contribution in [0.5, 0.6) is 0 Å². The van der Waals surface area contributed by atoms with Crippen LogP contribution in [0.25, 0.3) is 0 Å². The second kappa shape index (κ2) is 3.79. The van der Waals surface area contributed by atoms with Crippen molar-refractivity contribution in [3.8, 4) is 0 Å². The molecule has 0 radical (unpaired) electrons. The van der Waals surface area contributed by atoms with Crippen molar-refractivity contribution >= 4 is 22.6 Å². The third kappa shape index (κ3) is 2.53. The van der Waals surface area contributed by atoms with Gasteiger partial charge < -0.3 is 5.11 Å². The molecule has 6 heteroatoms. The van der Waals surface area contributed by atoms with Crippen LogP contribution in [0.1, 0.15) is 11.3 Å². The Morgan fingerprint density at radius 2 is 2.08 bits per heavy atom. The summed E-state index contributed by atoms with van der Waals surface area (Å²) in [6, 6.07) is 0.849. The number of aliphatic hydroxyl groups excluding tert-OH is 1. The fraction of sp³-hybridized carbons (Fsp3) is 0.286. The van der Waals surface area contributed by atoms with E-state index in [1.165, 1.54) is 0 Å². The van der Waals surface area contributed by atoms with Crippen molar-refractivity contribution in [1.29, 1.82) is 0 Å². The molecule has 1 heterocycles. The second-order valence-electron chi connectivity index (χ2n) is 2.32. The Bertz CT molecular complexity index is 313. The smallest absolute Gasteiger partial charge is 0.392 e. The van der Waals surface area contributed by atoms with E-state index in [1.807, 2.05) is 22.6 Å². The number of rotatable bonds is 1. The van der Waals surface area contributed by atoms with E-state index in [2.05, 4.69) is 4.98 Å². The van der Waals surface area contributed by atoms with E-state index < -0.39 is 18.5 Å².